The van der Waals surface area contributed by atoms with Gasteiger partial charge < -0.3 is 4.74 Å². The van der Waals surface area contributed by atoms with Crippen LogP contribution in [0, 0.1) is 0 Å². The Hall–Kier alpha value is -2.61. The molecule has 3 rings (SSSR count). The second-order valence-corrected chi connectivity index (χ2v) is 4.63. The molecule has 0 N–H and O–H groups in total. The van der Waals surface area contributed by atoms with Gasteiger partial charge in [-0.3, -0.25) is 4.79 Å². The fraction of sp³-hybridized carbons (Fsp3) is 0.0556. The Morgan fingerprint density at radius 2 is 1.65 bits per heavy atom. The predicted octanol–water partition coefficient (Wildman–Crippen LogP) is 4.23. The van der Waals surface area contributed by atoms with Crippen LogP contribution in [0.3, 0.4) is 0 Å². The van der Waals surface area contributed by atoms with E-state index >= 15 is 0 Å². The second kappa shape index (κ2) is 5.57. The zero-order valence-corrected chi connectivity index (χ0v) is 11.0. The van der Waals surface area contributed by atoms with Gasteiger partial charge in [0.25, 0.3) is 0 Å². The van der Waals surface area contributed by atoms with E-state index in [4.69, 9.17) is 4.74 Å². The third-order valence-corrected chi connectivity index (χ3v) is 3.24. The molecule has 0 aromatic heterocycles. The van der Waals surface area contributed by atoms with Crippen molar-refractivity contribution in [2.24, 2.45) is 0 Å². The summed E-state index contributed by atoms with van der Waals surface area (Å²) in [4.78, 5) is 11.2. The highest BCUT2D eigenvalue weighted by Gasteiger charge is 2.04. The molecule has 0 radical (unpaired) electrons. The number of rotatable bonds is 4. The van der Waals surface area contributed by atoms with E-state index in [-0.39, 0.29) is 0 Å². The van der Waals surface area contributed by atoms with Crippen LogP contribution in [-0.4, -0.2) is 6.29 Å². The first-order chi connectivity index (χ1) is 9.86. The molecule has 2 nitrogen and oxygen atoms in total. The van der Waals surface area contributed by atoms with Crippen LogP contribution in [0.2, 0.25) is 0 Å². The van der Waals surface area contributed by atoms with E-state index in [1.807, 2.05) is 60.7 Å². The number of carbonyl (C=O) groups is 1. The number of benzene rings is 3. The number of ether oxygens (including phenoxy) is 1. The third kappa shape index (κ3) is 2.54. The maximum absolute atomic E-state index is 11.2. The Kier molecular flexibility index (Phi) is 3.46. The summed E-state index contributed by atoms with van der Waals surface area (Å²) in [5.74, 6) is 0.717. The van der Waals surface area contributed by atoms with Crippen LogP contribution >= 0.6 is 0 Å². The van der Waals surface area contributed by atoms with Gasteiger partial charge in [0.1, 0.15) is 12.4 Å². The minimum atomic E-state index is 0.497. The van der Waals surface area contributed by atoms with Crippen molar-refractivity contribution >= 4 is 17.1 Å². The highest BCUT2D eigenvalue weighted by Crippen LogP contribution is 2.25. The molecule has 0 atom stereocenters. The first kappa shape index (κ1) is 12.4. The second-order valence-electron chi connectivity index (χ2n) is 4.63. The third-order valence-electron chi connectivity index (χ3n) is 3.24. The monoisotopic (exact) mass is 262 g/mol. The Morgan fingerprint density at radius 1 is 0.900 bits per heavy atom. The maximum atomic E-state index is 11.2. The summed E-state index contributed by atoms with van der Waals surface area (Å²) in [6.45, 7) is 0.497. The van der Waals surface area contributed by atoms with Crippen molar-refractivity contribution in [3.05, 3.63) is 77.9 Å². The number of hydrogen-bond acceptors (Lipinski definition) is 2. The molecule has 0 bridgehead atoms. The lowest BCUT2D eigenvalue weighted by Crippen LogP contribution is -1.96. The molecule has 0 aliphatic rings. The van der Waals surface area contributed by atoms with Gasteiger partial charge in [0.2, 0.25) is 0 Å². The Labute approximate surface area is 117 Å². The average Bonchev–Trinajstić information content (AvgIpc) is 2.53. The fourth-order valence-corrected chi connectivity index (χ4v) is 2.23. The van der Waals surface area contributed by atoms with Crippen molar-refractivity contribution in [1.82, 2.24) is 0 Å². The van der Waals surface area contributed by atoms with Crippen LogP contribution < -0.4 is 4.74 Å². The van der Waals surface area contributed by atoms with Gasteiger partial charge in [0.15, 0.2) is 6.29 Å². The first-order valence-electron chi connectivity index (χ1n) is 6.51. The van der Waals surface area contributed by atoms with Gasteiger partial charge in [-0.2, -0.15) is 0 Å². The van der Waals surface area contributed by atoms with Crippen molar-refractivity contribution in [3.63, 3.8) is 0 Å². The zero-order chi connectivity index (χ0) is 13.8. The van der Waals surface area contributed by atoms with Gasteiger partial charge in [-0.05, 0) is 28.5 Å². The molecule has 0 spiro atoms. The lowest BCUT2D eigenvalue weighted by molar-refractivity contribution is 0.112. The smallest absolute Gasteiger partial charge is 0.150 e. The van der Waals surface area contributed by atoms with Gasteiger partial charge in [-0.1, -0.05) is 54.6 Å². The zero-order valence-electron chi connectivity index (χ0n) is 11.0. The summed E-state index contributed by atoms with van der Waals surface area (Å²) < 4.78 is 5.78. The van der Waals surface area contributed by atoms with E-state index in [9.17, 15) is 4.79 Å². The topological polar surface area (TPSA) is 26.3 Å². The molecule has 0 aliphatic heterocycles. The summed E-state index contributed by atoms with van der Waals surface area (Å²) in [7, 11) is 0. The van der Waals surface area contributed by atoms with Crippen molar-refractivity contribution in [3.8, 4) is 5.75 Å². The van der Waals surface area contributed by atoms with Crippen LogP contribution in [0.4, 0.5) is 0 Å². The van der Waals surface area contributed by atoms with Crippen LogP contribution in [0.5, 0.6) is 5.75 Å². The minimum Gasteiger partial charge on any atom is -0.489 e. The summed E-state index contributed by atoms with van der Waals surface area (Å²) in [5, 5.41) is 1.97. The molecule has 0 aliphatic carbocycles. The molecule has 0 heterocycles. The van der Waals surface area contributed by atoms with E-state index in [1.54, 1.807) is 6.07 Å². The normalized spacial score (nSPS) is 10.4. The molecule has 98 valence electrons. The molecular weight excluding hydrogens is 248 g/mol. The molecular formula is C18H14O2. The summed E-state index contributed by atoms with van der Waals surface area (Å²) in [5.41, 5.74) is 1.76. The lowest BCUT2D eigenvalue weighted by atomic mass is 10.1. The van der Waals surface area contributed by atoms with Gasteiger partial charge in [0.05, 0.1) is 0 Å². The predicted molar refractivity (Wildman–Crippen MR) is 80.1 cm³/mol. The summed E-state index contributed by atoms with van der Waals surface area (Å²) >= 11 is 0. The molecule has 2 heteroatoms. The van der Waals surface area contributed by atoms with Crippen molar-refractivity contribution < 1.29 is 9.53 Å². The van der Waals surface area contributed by atoms with Crippen LogP contribution in [0.15, 0.2) is 66.7 Å². The summed E-state index contributed by atoms with van der Waals surface area (Å²) in [6, 6.07) is 21.5. The number of aldehydes is 1. The SMILES string of the molecule is O=Cc1cc(OCc2ccccc2)cc2ccccc12. The first-order valence-corrected chi connectivity index (χ1v) is 6.51. The number of fused-ring (bicyclic) bond motifs is 1. The quantitative estimate of drug-likeness (QED) is 0.658. The minimum absolute atomic E-state index is 0.497. The van der Waals surface area contributed by atoms with Crippen LogP contribution in [0.1, 0.15) is 15.9 Å². The highest BCUT2D eigenvalue weighted by atomic mass is 16.5. The standard InChI is InChI=1S/C18H14O2/c19-12-16-11-17(10-15-8-4-5-9-18(15)16)20-13-14-6-2-1-3-7-14/h1-12H,13H2. The van der Waals surface area contributed by atoms with Gasteiger partial charge in [0, 0.05) is 5.56 Å². The van der Waals surface area contributed by atoms with Crippen molar-refractivity contribution in [1.29, 1.82) is 0 Å². The van der Waals surface area contributed by atoms with E-state index < -0.39 is 0 Å². The molecule has 0 amide bonds. The molecule has 3 aromatic rings. The molecule has 3 aromatic carbocycles. The van der Waals surface area contributed by atoms with Crippen molar-refractivity contribution in [2.75, 3.05) is 0 Å². The number of carbonyl (C=O) groups excluding carboxylic acids is 1. The maximum Gasteiger partial charge on any atom is 0.150 e. The van der Waals surface area contributed by atoms with E-state index in [1.165, 1.54) is 0 Å². The molecule has 0 fully saturated rings. The largest absolute Gasteiger partial charge is 0.489 e. The average molecular weight is 262 g/mol. The van der Waals surface area contributed by atoms with Crippen LogP contribution in [0.25, 0.3) is 10.8 Å². The Bertz CT molecular complexity index is 733. The van der Waals surface area contributed by atoms with Gasteiger partial charge in [-0.15, -0.1) is 0 Å². The van der Waals surface area contributed by atoms with Crippen LogP contribution in [-0.2, 0) is 6.61 Å². The fourth-order valence-electron chi connectivity index (χ4n) is 2.23. The molecule has 20 heavy (non-hydrogen) atoms. The summed E-state index contributed by atoms with van der Waals surface area (Å²) in [6.07, 6.45) is 0.873. The molecule has 0 unspecified atom stereocenters. The molecule has 0 saturated heterocycles. The Morgan fingerprint density at radius 3 is 2.45 bits per heavy atom. The Balaban J connectivity index is 1.90. The number of hydrogen-bond donors (Lipinski definition) is 0. The molecule has 0 saturated carbocycles. The van der Waals surface area contributed by atoms with E-state index in [0.29, 0.717) is 12.2 Å². The van der Waals surface area contributed by atoms with E-state index in [0.717, 1.165) is 28.4 Å². The van der Waals surface area contributed by atoms with Crippen molar-refractivity contribution in [2.45, 2.75) is 6.61 Å². The highest BCUT2D eigenvalue weighted by molar-refractivity contribution is 5.99. The lowest BCUT2D eigenvalue weighted by Gasteiger charge is -2.09. The van der Waals surface area contributed by atoms with Gasteiger partial charge in [-0.25, -0.2) is 0 Å². The van der Waals surface area contributed by atoms with Gasteiger partial charge >= 0.3 is 0 Å². The van der Waals surface area contributed by atoms with E-state index in [2.05, 4.69) is 0 Å².